The second-order valence-corrected chi connectivity index (χ2v) is 4.92. The number of ether oxygens (including phenoxy) is 1. The van der Waals surface area contributed by atoms with Crippen molar-refractivity contribution in [3.63, 3.8) is 0 Å². The Morgan fingerprint density at radius 1 is 0.909 bits per heavy atom. The molecule has 0 aliphatic heterocycles. The zero-order valence-electron chi connectivity index (χ0n) is 12.2. The van der Waals surface area contributed by atoms with Gasteiger partial charge in [0.1, 0.15) is 0 Å². The monoisotopic (exact) mass is 306 g/mol. The van der Waals surface area contributed by atoms with Crippen LogP contribution in [0.1, 0.15) is 17.5 Å². The molecule has 0 bridgehead atoms. The topological polar surface area (TPSA) is 9.23 Å². The van der Waals surface area contributed by atoms with Gasteiger partial charge < -0.3 is 4.74 Å². The van der Waals surface area contributed by atoms with Crippen molar-refractivity contribution in [3.05, 3.63) is 72.0 Å². The van der Waals surface area contributed by atoms with Crippen molar-refractivity contribution in [3.8, 4) is 11.1 Å². The van der Waals surface area contributed by atoms with E-state index in [0.717, 1.165) is 36.1 Å². The fourth-order valence-electron chi connectivity index (χ4n) is 2.13. The fourth-order valence-corrected chi connectivity index (χ4v) is 2.13. The molecule has 0 N–H and O–H groups in total. The molecule has 0 unspecified atom stereocenters. The smallest absolute Gasteiger partial charge is 0.416 e. The standard InChI is InChI=1S/C18H17F3O/c1-22-13-3-2-4-14-5-7-15(8-6-14)16-9-11-17(12-10-16)18(19,20)21/h3,5-13H,2,4H2,1H3. The minimum Gasteiger partial charge on any atom is -0.505 e. The number of alkyl halides is 3. The fraction of sp³-hybridized carbons (Fsp3) is 0.222. The number of halogens is 3. The van der Waals surface area contributed by atoms with E-state index in [1.54, 1.807) is 13.4 Å². The second kappa shape index (κ2) is 7.16. The number of aryl methyl sites for hydroxylation is 1. The Bertz CT molecular complexity index is 610. The lowest BCUT2D eigenvalue weighted by Gasteiger charge is -2.08. The summed E-state index contributed by atoms with van der Waals surface area (Å²) in [6.07, 6.45) is 1.08. The van der Waals surface area contributed by atoms with Crippen LogP contribution in [0.3, 0.4) is 0 Å². The SMILES string of the molecule is COC=CCCc1ccc(-c2ccc(C(F)(F)F)cc2)cc1. The van der Waals surface area contributed by atoms with Crippen LogP contribution >= 0.6 is 0 Å². The van der Waals surface area contributed by atoms with Gasteiger partial charge in [-0.3, -0.25) is 0 Å². The average Bonchev–Trinajstić information content (AvgIpc) is 2.51. The highest BCUT2D eigenvalue weighted by atomic mass is 19.4. The highest BCUT2D eigenvalue weighted by Gasteiger charge is 2.29. The maximum absolute atomic E-state index is 12.5. The normalized spacial score (nSPS) is 11.8. The van der Waals surface area contributed by atoms with E-state index in [1.165, 1.54) is 17.7 Å². The van der Waals surface area contributed by atoms with Crippen LogP contribution in [0.4, 0.5) is 13.2 Å². The molecule has 0 aromatic heterocycles. The number of benzene rings is 2. The summed E-state index contributed by atoms with van der Waals surface area (Å²) >= 11 is 0. The van der Waals surface area contributed by atoms with E-state index in [4.69, 9.17) is 4.74 Å². The molecule has 1 nitrogen and oxygen atoms in total. The number of allylic oxidation sites excluding steroid dienone is 1. The first-order valence-corrected chi connectivity index (χ1v) is 6.95. The molecule has 0 radical (unpaired) electrons. The Kier molecular flexibility index (Phi) is 5.26. The molecule has 22 heavy (non-hydrogen) atoms. The van der Waals surface area contributed by atoms with E-state index in [-0.39, 0.29) is 0 Å². The molecule has 2 aromatic rings. The highest BCUT2D eigenvalue weighted by molar-refractivity contribution is 5.64. The van der Waals surface area contributed by atoms with E-state index in [2.05, 4.69) is 0 Å². The molecule has 0 heterocycles. The van der Waals surface area contributed by atoms with Crippen LogP contribution in [0.2, 0.25) is 0 Å². The number of hydrogen-bond donors (Lipinski definition) is 0. The molecule has 4 heteroatoms. The third-order valence-electron chi connectivity index (χ3n) is 3.33. The molecule has 0 saturated carbocycles. The maximum Gasteiger partial charge on any atom is 0.416 e. The zero-order valence-corrected chi connectivity index (χ0v) is 12.2. The second-order valence-electron chi connectivity index (χ2n) is 4.92. The Balaban J connectivity index is 2.05. The van der Waals surface area contributed by atoms with E-state index in [9.17, 15) is 13.2 Å². The summed E-state index contributed by atoms with van der Waals surface area (Å²) in [5, 5.41) is 0. The summed E-state index contributed by atoms with van der Waals surface area (Å²) in [6.45, 7) is 0. The van der Waals surface area contributed by atoms with Crippen LogP contribution in [0.5, 0.6) is 0 Å². The number of rotatable bonds is 5. The van der Waals surface area contributed by atoms with Crippen LogP contribution in [-0.4, -0.2) is 7.11 Å². The average molecular weight is 306 g/mol. The number of methoxy groups -OCH3 is 1. The molecule has 0 atom stereocenters. The van der Waals surface area contributed by atoms with Gasteiger partial charge in [-0.05, 0) is 47.7 Å². The molecule has 0 aliphatic carbocycles. The van der Waals surface area contributed by atoms with Crippen molar-refractivity contribution in [1.82, 2.24) is 0 Å². The van der Waals surface area contributed by atoms with Crippen LogP contribution in [0, 0.1) is 0 Å². The Morgan fingerprint density at radius 3 is 1.95 bits per heavy atom. The molecule has 2 aromatic carbocycles. The summed E-state index contributed by atoms with van der Waals surface area (Å²) in [7, 11) is 1.61. The molecule has 116 valence electrons. The first-order valence-electron chi connectivity index (χ1n) is 6.95. The Hall–Kier alpha value is -2.23. The molecule has 2 rings (SSSR count). The highest BCUT2D eigenvalue weighted by Crippen LogP contribution is 2.31. The Labute approximate surface area is 128 Å². The lowest BCUT2D eigenvalue weighted by molar-refractivity contribution is -0.137. The summed E-state index contributed by atoms with van der Waals surface area (Å²) < 4.78 is 42.4. The van der Waals surface area contributed by atoms with Gasteiger partial charge in [0.15, 0.2) is 0 Å². The third kappa shape index (κ3) is 4.38. The summed E-state index contributed by atoms with van der Waals surface area (Å²) in [5.41, 5.74) is 2.23. The van der Waals surface area contributed by atoms with Gasteiger partial charge in [-0.1, -0.05) is 36.4 Å². The van der Waals surface area contributed by atoms with E-state index < -0.39 is 11.7 Å². The van der Waals surface area contributed by atoms with E-state index in [1.807, 2.05) is 30.3 Å². The zero-order chi connectivity index (χ0) is 16.0. The van der Waals surface area contributed by atoms with Crippen molar-refractivity contribution < 1.29 is 17.9 Å². The largest absolute Gasteiger partial charge is 0.505 e. The van der Waals surface area contributed by atoms with Gasteiger partial charge >= 0.3 is 6.18 Å². The maximum atomic E-state index is 12.5. The van der Waals surface area contributed by atoms with Gasteiger partial charge in [-0.15, -0.1) is 0 Å². The quantitative estimate of drug-likeness (QED) is 0.666. The van der Waals surface area contributed by atoms with Gasteiger partial charge in [-0.2, -0.15) is 13.2 Å². The van der Waals surface area contributed by atoms with Crippen molar-refractivity contribution in [2.45, 2.75) is 19.0 Å². The number of hydrogen-bond acceptors (Lipinski definition) is 1. The molecule has 0 spiro atoms. The first kappa shape index (κ1) is 16.1. The van der Waals surface area contributed by atoms with Crippen LogP contribution in [-0.2, 0) is 17.3 Å². The van der Waals surface area contributed by atoms with Gasteiger partial charge in [0.2, 0.25) is 0 Å². The lowest BCUT2D eigenvalue weighted by atomic mass is 10.0. The van der Waals surface area contributed by atoms with Crippen molar-refractivity contribution in [2.24, 2.45) is 0 Å². The van der Waals surface area contributed by atoms with Gasteiger partial charge in [-0.25, -0.2) is 0 Å². The molecule has 0 amide bonds. The van der Waals surface area contributed by atoms with Gasteiger partial charge in [0.05, 0.1) is 18.9 Å². The summed E-state index contributed by atoms with van der Waals surface area (Å²) in [6, 6.07) is 13.1. The van der Waals surface area contributed by atoms with Crippen LogP contribution in [0.25, 0.3) is 11.1 Å². The predicted octanol–water partition coefficient (Wildman–Crippen LogP) is 5.47. The van der Waals surface area contributed by atoms with Crippen LogP contribution in [0.15, 0.2) is 60.9 Å². The van der Waals surface area contributed by atoms with Crippen molar-refractivity contribution in [2.75, 3.05) is 7.11 Å². The molecule has 0 saturated heterocycles. The summed E-state index contributed by atoms with van der Waals surface area (Å²) in [4.78, 5) is 0. The van der Waals surface area contributed by atoms with E-state index in [0.29, 0.717) is 0 Å². The minimum atomic E-state index is -4.29. The molecular formula is C18H17F3O. The molecular weight excluding hydrogens is 289 g/mol. The van der Waals surface area contributed by atoms with Crippen LogP contribution < -0.4 is 0 Å². The third-order valence-corrected chi connectivity index (χ3v) is 3.33. The van der Waals surface area contributed by atoms with Crippen molar-refractivity contribution in [1.29, 1.82) is 0 Å². The molecule has 0 aliphatic rings. The van der Waals surface area contributed by atoms with Crippen molar-refractivity contribution >= 4 is 0 Å². The Morgan fingerprint density at radius 2 is 1.45 bits per heavy atom. The lowest BCUT2D eigenvalue weighted by Crippen LogP contribution is -2.03. The van der Waals surface area contributed by atoms with Gasteiger partial charge in [0.25, 0.3) is 0 Å². The van der Waals surface area contributed by atoms with Gasteiger partial charge in [0, 0.05) is 0 Å². The first-order chi connectivity index (χ1) is 10.5. The van der Waals surface area contributed by atoms with E-state index >= 15 is 0 Å². The molecule has 0 fully saturated rings. The minimum absolute atomic E-state index is 0.627. The summed E-state index contributed by atoms with van der Waals surface area (Å²) in [5.74, 6) is 0. The predicted molar refractivity (Wildman–Crippen MR) is 81.4 cm³/mol.